The van der Waals surface area contributed by atoms with E-state index in [1.807, 2.05) is 13.8 Å². The number of carbonyl (C=O) groups is 4. The third-order valence-corrected chi connectivity index (χ3v) is 4.52. The van der Waals surface area contributed by atoms with Crippen LogP contribution in [0, 0.1) is 0 Å². The molecule has 0 aromatic heterocycles. The van der Waals surface area contributed by atoms with Gasteiger partial charge in [-0.15, -0.1) is 0 Å². The highest BCUT2D eigenvalue weighted by Gasteiger charge is 2.14. The molecule has 1 unspecified atom stereocenters. The largest absolute Gasteiger partial charge is 0.377 e. The fourth-order valence-corrected chi connectivity index (χ4v) is 2.83. The van der Waals surface area contributed by atoms with Crippen molar-refractivity contribution in [3.05, 3.63) is 0 Å². The van der Waals surface area contributed by atoms with Gasteiger partial charge in [-0.1, -0.05) is 13.8 Å². The Hall–Kier alpha value is -2.12. The lowest BCUT2D eigenvalue weighted by atomic mass is 10.1. The maximum Gasteiger partial charge on any atom is 0.246 e. The van der Waals surface area contributed by atoms with E-state index < -0.39 is 0 Å². The zero-order valence-corrected chi connectivity index (χ0v) is 21.4. The summed E-state index contributed by atoms with van der Waals surface area (Å²) in [6, 6.07) is 0.120. The van der Waals surface area contributed by atoms with E-state index >= 15 is 0 Å². The van der Waals surface area contributed by atoms with Gasteiger partial charge in [-0.25, -0.2) is 0 Å². The Labute approximate surface area is 208 Å². The van der Waals surface area contributed by atoms with Crippen molar-refractivity contribution in [2.45, 2.75) is 52.1 Å². The van der Waals surface area contributed by atoms with Crippen molar-refractivity contribution < 1.29 is 38.1 Å². The number of ether oxygens (including phenoxy) is 4. The maximum atomic E-state index is 11.8. The molecule has 0 aliphatic rings. The molecule has 3 amide bonds. The van der Waals surface area contributed by atoms with Gasteiger partial charge in [0.2, 0.25) is 18.2 Å². The average Bonchev–Trinajstić information content (AvgIpc) is 2.81. The molecule has 0 saturated heterocycles. The van der Waals surface area contributed by atoms with Gasteiger partial charge in [-0.2, -0.15) is 0 Å². The van der Waals surface area contributed by atoms with Gasteiger partial charge in [0, 0.05) is 25.7 Å². The number of unbranched alkanes of at least 4 members (excludes halogenated alkanes) is 1. The van der Waals surface area contributed by atoms with Gasteiger partial charge in [-0.3, -0.25) is 19.2 Å². The number of carbonyl (C=O) groups excluding carboxylic acids is 4. The third-order valence-electron chi connectivity index (χ3n) is 4.52. The first-order valence-corrected chi connectivity index (χ1v) is 12.1. The summed E-state index contributed by atoms with van der Waals surface area (Å²) in [5.41, 5.74) is 0. The summed E-state index contributed by atoms with van der Waals surface area (Å²) in [7, 11) is 0. The standard InChI is InChI=1S/C23H44N4O8/c1-19(2)27-21(20(3)29)6-4-5-7-25-22(30)16-34-15-13-33-11-9-26-23(31)17-35-14-12-32-10-8-24-18-28/h18-19,21,27H,4-17H2,1-3H3,(H,24,28)(H,25,30)(H,26,31). The van der Waals surface area contributed by atoms with Crippen molar-refractivity contribution in [2.75, 3.05) is 72.5 Å². The SMILES string of the molecule is CC(=O)C(CCCCNC(=O)COCCOCCNC(=O)COCCOCCNC=O)NC(C)C. The predicted molar refractivity (Wildman–Crippen MR) is 130 cm³/mol. The van der Waals surface area contributed by atoms with Crippen LogP contribution in [0.1, 0.15) is 40.0 Å². The summed E-state index contributed by atoms with van der Waals surface area (Å²) in [5, 5.41) is 11.2. The molecule has 0 bridgehead atoms. The van der Waals surface area contributed by atoms with E-state index in [0.717, 1.165) is 19.3 Å². The van der Waals surface area contributed by atoms with Crippen molar-refractivity contribution in [3.8, 4) is 0 Å². The minimum Gasteiger partial charge on any atom is -0.377 e. The lowest BCUT2D eigenvalue weighted by Gasteiger charge is -2.18. The summed E-state index contributed by atoms with van der Waals surface area (Å²) in [6.07, 6.45) is 2.99. The number of hydrogen-bond acceptors (Lipinski definition) is 9. The first-order valence-electron chi connectivity index (χ1n) is 12.1. The minimum absolute atomic E-state index is 0.0419. The second-order valence-electron chi connectivity index (χ2n) is 8.08. The molecule has 35 heavy (non-hydrogen) atoms. The molecule has 0 fully saturated rings. The molecule has 12 nitrogen and oxygen atoms in total. The lowest BCUT2D eigenvalue weighted by Crippen LogP contribution is -2.39. The molecule has 0 aromatic carbocycles. The van der Waals surface area contributed by atoms with Gasteiger partial charge in [0.15, 0.2) is 0 Å². The average molecular weight is 505 g/mol. The van der Waals surface area contributed by atoms with E-state index in [2.05, 4.69) is 21.3 Å². The van der Waals surface area contributed by atoms with E-state index in [1.54, 1.807) is 6.92 Å². The summed E-state index contributed by atoms with van der Waals surface area (Å²) < 4.78 is 21.0. The van der Waals surface area contributed by atoms with Gasteiger partial charge >= 0.3 is 0 Å². The molecule has 0 aromatic rings. The van der Waals surface area contributed by atoms with Gasteiger partial charge < -0.3 is 40.2 Å². The quantitative estimate of drug-likeness (QED) is 0.0920. The van der Waals surface area contributed by atoms with E-state index in [9.17, 15) is 19.2 Å². The van der Waals surface area contributed by atoms with Crippen LogP contribution < -0.4 is 21.3 Å². The summed E-state index contributed by atoms with van der Waals surface area (Å²) in [6.45, 7) is 8.73. The Bertz CT molecular complexity index is 578. The fraction of sp³-hybridized carbons (Fsp3) is 0.826. The van der Waals surface area contributed by atoms with E-state index in [0.29, 0.717) is 52.5 Å². The van der Waals surface area contributed by atoms with Crippen molar-refractivity contribution >= 4 is 24.0 Å². The topological polar surface area (TPSA) is 153 Å². The van der Waals surface area contributed by atoms with Crippen LogP contribution in [0.3, 0.4) is 0 Å². The molecular weight excluding hydrogens is 460 g/mol. The van der Waals surface area contributed by atoms with Gasteiger partial charge in [0.1, 0.15) is 19.0 Å². The van der Waals surface area contributed by atoms with Gasteiger partial charge in [-0.05, 0) is 26.2 Å². The number of hydrogen-bond donors (Lipinski definition) is 4. The summed E-state index contributed by atoms with van der Waals surface area (Å²) in [4.78, 5) is 45.0. The number of ketones is 1. The van der Waals surface area contributed by atoms with Gasteiger partial charge in [0.25, 0.3) is 0 Å². The van der Waals surface area contributed by atoms with Crippen LogP contribution in [0.2, 0.25) is 0 Å². The molecule has 0 aliphatic heterocycles. The van der Waals surface area contributed by atoms with Crippen LogP contribution in [0.5, 0.6) is 0 Å². The Balaban J connectivity index is 3.45. The van der Waals surface area contributed by atoms with Crippen LogP contribution >= 0.6 is 0 Å². The minimum atomic E-state index is -0.253. The molecular formula is C23H44N4O8. The number of Topliss-reactive ketones (excluding diaryl/α,β-unsaturated/α-hetero) is 1. The first kappa shape index (κ1) is 32.9. The van der Waals surface area contributed by atoms with Crippen LogP contribution in [0.25, 0.3) is 0 Å². The highest BCUT2D eigenvalue weighted by Crippen LogP contribution is 2.03. The van der Waals surface area contributed by atoms with E-state index in [4.69, 9.17) is 18.9 Å². The smallest absolute Gasteiger partial charge is 0.246 e. The first-order chi connectivity index (χ1) is 16.9. The zero-order chi connectivity index (χ0) is 26.2. The Morgan fingerprint density at radius 1 is 0.743 bits per heavy atom. The molecule has 1 atom stereocenters. The molecule has 0 saturated carbocycles. The molecule has 0 radical (unpaired) electrons. The van der Waals surface area contributed by atoms with Gasteiger partial charge in [0.05, 0.1) is 45.7 Å². The van der Waals surface area contributed by atoms with E-state index in [1.165, 1.54) is 0 Å². The van der Waals surface area contributed by atoms with Crippen molar-refractivity contribution in [1.29, 1.82) is 0 Å². The lowest BCUT2D eigenvalue weighted by molar-refractivity contribution is -0.127. The molecule has 0 aliphatic carbocycles. The molecule has 0 spiro atoms. The van der Waals surface area contributed by atoms with Crippen LogP contribution in [-0.4, -0.2) is 109 Å². The summed E-state index contributed by atoms with van der Waals surface area (Å²) in [5.74, 6) is -0.310. The molecule has 4 N–H and O–H groups in total. The zero-order valence-electron chi connectivity index (χ0n) is 21.4. The monoisotopic (exact) mass is 504 g/mol. The maximum absolute atomic E-state index is 11.8. The second kappa shape index (κ2) is 23.6. The highest BCUT2D eigenvalue weighted by atomic mass is 16.5. The van der Waals surface area contributed by atoms with Crippen molar-refractivity contribution in [3.63, 3.8) is 0 Å². The second-order valence-corrected chi connectivity index (χ2v) is 8.08. The Morgan fingerprint density at radius 3 is 1.83 bits per heavy atom. The van der Waals surface area contributed by atoms with Crippen LogP contribution in [0.15, 0.2) is 0 Å². The molecule has 12 heteroatoms. The predicted octanol–water partition coefficient (Wildman–Crippen LogP) is -0.843. The van der Waals surface area contributed by atoms with Crippen molar-refractivity contribution in [2.24, 2.45) is 0 Å². The number of nitrogens with one attached hydrogen (secondary N) is 4. The normalized spacial score (nSPS) is 11.8. The third kappa shape index (κ3) is 23.4. The molecule has 0 rings (SSSR count). The number of amides is 3. The Morgan fingerprint density at radius 2 is 1.29 bits per heavy atom. The fourth-order valence-electron chi connectivity index (χ4n) is 2.83. The highest BCUT2D eigenvalue weighted by molar-refractivity contribution is 5.81. The number of rotatable bonds is 25. The van der Waals surface area contributed by atoms with Crippen LogP contribution in [0.4, 0.5) is 0 Å². The van der Waals surface area contributed by atoms with E-state index in [-0.39, 0.29) is 56.1 Å². The molecule has 0 heterocycles. The Kier molecular flexibility index (Phi) is 22.2. The van der Waals surface area contributed by atoms with Crippen molar-refractivity contribution in [1.82, 2.24) is 21.3 Å². The molecule has 204 valence electrons. The van der Waals surface area contributed by atoms with Crippen LogP contribution in [-0.2, 0) is 38.1 Å². The summed E-state index contributed by atoms with van der Waals surface area (Å²) >= 11 is 0.